The molecular weight excluding hydrogens is 416 g/mol. The lowest BCUT2D eigenvalue weighted by Gasteiger charge is -2.34. The summed E-state index contributed by atoms with van der Waals surface area (Å²) < 4.78 is 2.35. The van der Waals surface area contributed by atoms with E-state index in [1.54, 1.807) is 11.8 Å². The molecule has 0 radical (unpaired) electrons. The van der Waals surface area contributed by atoms with Crippen molar-refractivity contribution in [3.63, 3.8) is 0 Å². The molecule has 0 spiro atoms. The Morgan fingerprint density at radius 2 is 1.69 bits per heavy atom. The standard InChI is InChI=1S/C26H30N4OS/c31-26(24(20-11-4-1-5-12-20)32-22-14-6-2-7-15-22)29-17-10-13-21(19-29)25-28-27-23-16-8-3-9-18-30(23)25/h1-2,4-7,11-12,14-15,21,24H,3,8-10,13,16-19H2/t21-,24-/m0/s1. The van der Waals surface area contributed by atoms with E-state index in [-0.39, 0.29) is 17.1 Å². The van der Waals surface area contributed by atoms with Crippen molar-refractivity contribution >= 4 is 17.7 Å². The summed E-state index contributed by atoms with van der Waals surface area (Å²) in [6.07, 6.45) is 6.75. The number of likely N-dealkylation sites (tertiary alicyclic amines) is 1. The van der Waals surface area contributed by atoms with Gasteiger partial charge in [0.2, 0.25) is 5.91 Å². The van der Waals surface area contributed by atoms with E-state index >= 15 is 0 Å². The third-order valence-electron chi connectivity index (χ3n) is 6.56. The average Bonchev–Trinajstić information content (AvgIpc) is 3.11. The summed E-state index contributed by atoms with van der Waals surface area (Å²) in [7, 11) is 0. The predicted molar refractivity (Wildman–Crippen MR) is 128 cm³/mol. The van der Waals surface area contributed by atoms with E-state index in [1.165, 1.54) is 19.3 Å². The highest BCUT2D eigenvalue weighted by molar-refractivity contribution is 8.00. The molecule has 5 nitrogen and oxygen atoms in total. The van der Waals surface area contributed by atoms with Crippen LogP contribution in [-0.4, -0.2) is 38.7 Å². The number of amides is 1. The van der Waals surface area contributed by atoms with Crippen LogP contribution in [0.2, 0.25) is 0 Å². The fourth-order valence-corrected chi connectivity index (χ4v) is 6.02. The van der Waals surface area contributed by atoms with Gasteiger partial charge >= 0.3 is 0 Å². The Morgan fingerprint density at radius 3 is 2.50 bits per heavy atom. The van der Waals surface area contributed by atoms with Crippen LogP contribution in [0.4, 0.5) is 0 Å². The first-order valence-corrected chi connectivity index (χ1v) is 12.6. The highest BCUT2D eigenvalue weighted by Gasteiger charge is 2.33. The van der Waals surface area contributed by atoms with E-state index < -0.39 is 0 Å². The van der Waals surface area contributed by atoms with Crippen molar-refractivity contribution in [2.75, 3.05) is 13.1 Å². The summed E-state index contributed by atoms with van der Waals surface area (Å²) in [5.74, 6) is 2.68. The summed E-state index contributed by atoms with van der Waals surface area (Å²) in [6, 6.07) is 20.4. The van der Waals surface area contributed by atoms with E-state index in [4.69, 9.17) is 0 Å². The van der Waals surface area contributed by atoms with Gasteiger partial charge in [-0.1, -0.05) is 55.0 Å². The first-order valence-electron chi connectivity index (χ1n) is 11.8. The van der Waals surface area contributed by atoms with Crippen molar-refractivity contribution in [3.05, 3.63) is 77.9 Å². The highest BCUT2D eigenvalue weighted by atomic mass is 32.2. The largest absolute Gasteiger partial charge is 0.341 e. The zero-order valence-corrected chi connectivity index (χ0v) is 19.2. The molecule has 3 heterocycles. The van der Waals surface area contributed by atoms with Gasteiger partial charge in [-0.05, 0) is 43.4 Å². The minimum absolute atomic E-state index is 0.199. The quantitative estimate of drug-likeness (QED) is 0.503. The van der Waals surface area contributed by atoms with Crippen molar-refractivity contribution in [2.24, 2.45) is 0 Å². The fraction of sp³-hybridized carbons (Fsp3) is 0.423. The van der Waals surface area contributed by atoms with Crippen LogP contribution < -0.4 is 0 Å². The second kappa shape index (κ2) is 9.90. The maximum absolute atomic E-state index is 13.8. The Kier molecular flexibility index (Phi) is 6.58. The third-order valence-corrected chi connectivity index (χ3v) is 7.81. The molecule has 2 aliphatic rings. The molecular formula is C26H30N4OS. The zero-order valence-electron chi connectivity index (χ0n) is 18.4. The first kappa shape index (κ1) is 21.3. The third kappa shape index (κ3) is 4.60. The van der Waals surface area contributed by atoms with Gasteiger partial charge in [-0.2, -0.15) is 0 Å². The van der Waals surface area contributed by atoms with Gasteiger partial charge in [-0.3, -0.25) is 4.79 Å². The molecule has 0 aliphatic carbocycles. The van der Waals surface area contributed by atoms with Crippen LogP contribution in [0.3, 0.4) is 0 Å². The lowest BCUT2D eigenvalue weighted by atomic mass is 9.96. The number of hydrogen-bond donors (Lipinski definition) is 0. The highest BCUT2D eigenvalue weighted by Crippen LogP contribution is 2.38. The number of nitrogens with zero attached hydrogens (tertiary/aromatic N) is 4. The smallest absolute Gasteiger partial charge is 0.240 e. The molecule has 0 saturated carbocycles. The number of rotatable bonds is 5. The second-order valence-electron chi connectivity index (χ2n) is 8.78. The molecule has 1 saturated heterocycles. The van der Waals surface area contributed by atoms with Crippen molar-refractivity contribution in [3.8, 4) is 0 Å². The van der Waals surface area contributed by atoms with Gasteiger partial charge in [-0.15, -0.1) is 22.0 Å². The summed E-state index contributed by atoms with van der Waals surface area (Å²) in [6.45, 7) is 2.56. The van der Waals surface area contributed by atoms with Gasteiger partial charge in [0.05, 0.1) is 0 Å². The summed E-state index contributed by atoms with van der Waals surface area (Å²) in [5.41, 5.74) is 1.06. The molecule has 166 valence electrons. The van der Waals surface area contributed by atoms with Crippen LogP contribution in [0, 0.1) is 0 Å². The van der Waals surface area contributed by atoms with E-state index in [2.05, 4.69) is 43.9 Å². The Hall–Kier alpha value is -2.60. The molecule has 1 amide bonds. The van der Waals surface area contributed by atoms with Crippen molar-refractivity contribution < 1.29 is 4.79 Å². The van der Waals surface area contributed by atoms with Gasteiger partial charge < -0.3 is 9.47 Å². The Morgan fingerprint density at radius 1 is 0.906 bits per heavy atom. The number of carbonyl (C=O) groups excluding carboxylic acids is 1. The van der Waals surface area contributed by atoms with Gasteiger partial charge in [0, 0.05) is 36.9 Å². The molecule has 2 aromatic carbocycles. The lowest BCUT2D eigenvalue weighted by Crippen LogP contribution is -2.41. The maximum Gasteiger partial charge on any atom is 0.240 e. The van der Waals surface area contributed by atoms with Crippen molar-refractivity contribution in [1.82, 2.24) is 19.7 Å². The number of benzene rings is 2. The minimum atomic E-state index is -0.243. The van der Waals surface area contributed by atoms with Crippen LogP contribution in [0.1, 0.15) is 60.5 Å². The number of hydrogen-bond acceptors (Lipinski definition) is 4. The summed E-state index contributed by atoms with van der Waals surface area (Å²) in [5, 5.41) is 8.86. The van der Waals surface area contributed by atoms with Crippen LogP contribution >= 0.6 is 11.8 Å². The van der Waals surface area contributed by atoms with Crippen LogP contribution in [0.5, 0.6) is 0 Å². The summed E-state index contributed by atoms with van der Waals surface area (Å²) in [4.78, 5) is 17.0. The van der Waals surface area contributed by atoms with E-state index in [9.17, 15) is 4.79 Å². The Balaban J connectivity index is 1.37. The predicted octanol–water partition coefficient (Wildman–Crippen LogP) is 5.24. The minimum Gasteiger partial charge on any atom is -0.341 e. The molecule has 0 N–H and O–H groups in total. The van der Waals surface area contributed by atoms with Gasteiger partial charge in [-0.25, -0.2) is 0 Å². The van der Waals surface area contributed by atoms with E-state index in [1.807, 2.05) is 36.4 Å². The Labute approximate surface area is 194 Å². The lowest BCUT2D eigenvalue weighted by molar-refractivity contribution is -0.132. The van der Waals surface area contributed by atoms with E-state index in [0.29, 0.717) is 0 Å². The normalized spacial score (nSPS) is 19.8. The van der Waals surface area contributed by atoms with Crippen LogP contribution in [-0.2, 0) is 17.8 Å². The van der Waals surface area contributed by atoms with Crippen molar-refractivity contribution in [2.45, 2.75) is 61.1 Å². The molecule has 0 unspecified atom stereocenters. The fourth-order valence-electron chi connectivity index (χ4n) is 4.89. The molecule has 1 fully saturated rings. The number of carbonyl (C=O) groups is 1. The van der Waals surface area contributed by atoms with Gasteiger partial charge in [0.1, 0.15) is 16.9 Å². The van der Waals surface area contributed by atoms with Crippen molar-refractivity contribution in [1.29, 1.82) is 0 Å². The number of aromatic nitrogens is 3. The topological polar surface area (TPSA) is 51.0 Å². The Bertz CT molecular complexity index is 1040. The number of piperidine rings is 1. The molecule has 1 aromatic heterocycles. The summed E-state index contributed by atoms with van der Waals surface area (Å²) >= 11 is 1.64. The molecule has 0 bridgehead atoms. The number of thioether (sulfide) groups is 1. The molecule has 2 aliphatic heterocycles. The second-order valence-corrected chi connectivity index (χ2v) is 9.96. The zero-order chi connectivity index (χ0) is 21.8. The first-order chi connectivity index (χ1) is 15.8. The van der Waals surface area contributed by atoms with E-state index in [0.717, 1.165) is 61.0 Å². The van der Waals surface area contributed by atoms with Crippen LogP contribution in [0.15, 0.2) is 65.6 Å². The maximum atomic E-state index is 13.8. The van der Waals surface area contributed by atoms with Gasteiger partial charge in [0.25, 0.3) is 0 Å². The molecule has 6 heteroatoms. The average molecular weight is 447 g/mol. The monoisotopic (exact) mass is 446 g/mol. The molecule has 32 heavy (non-hydrogen) atoms. The molecule has 3 aromatic rings. The SMILES string of the molecule is O=C([C@@H](Sc1ccccc1)c1ccccc1)N1CCC[C@H](c2nnc3n2CCCCC3)C1. The molecule has 5 rings (SSSR count). The number of aryl methyl sites for hydroxylation is 1. The van der Waals surface area contributed by atoms with Gasteiger partial charge in [0.15, 0.2) is 0 Å². The molecule has 2 atom stereocenters. The number of fused-ring (bicyclic) bond motifs is 1. The van der Waals surface area contributed by atoms with Crippen LogP contribution in [0.25, 0.3) is 0 Å².